The van der Waals surface area contributed by atoms with E-state index in [2.05, 4.69) is 41.5 Å². The van der Waals surface area contributed by atoms with Crippen molar-refractivity contribution in [2.75, 3.05) is 6.61 Å². The van der Waals surface area contributed by atoms with Crippen molar-refractivity contribution in [3.8, 4) is 0 Å². The molecule has 3 heteroatoms. The molecule has 0 bridgehead atoms. The predicted octanol–water partition coefficient (Wildman–Crippen LogP) is 2.52. The Hall–Kier alpha value is -1.32. The average Bonchev–Trinajstić information content (AvgIpc) is 2.78. The van der Waals surface area contributed by atoms with Crippen molar-refractivity contribution >= 4 is 10.9 Å². The van der Waals surface area contributed by atoms with Gasteiger partial charge in [0.25, 0.3) is 0 Å². The van der Waals surface area contributed by atoms with Gasteiger partial charge in [0.2, 0.25) is 0 Å². The van der Waals surface area contributed by atoms with Crippen LogP contribution in [0.3, 0.4) is 0 Å². The second-order valence-corrected chi connectivity index (χ2v) is 5.15. The Morgan fingerprint density at radius 3 is 2.94 bits per heavy atom. The molecule has 0 spiro atoms. The Bertz CT molecular complexity index is 546. The summed E-state index contributed by atoms with van der Waals surface area (Å²) in [6, 6.07) is 8.99. The molecule has 0 amide bonds. The zero-order chi connectivity index (χ0) is 12.5. The summed E-state index contributed by atoms with van der Waals surface area (Å²) in [4.78, 5) is 3.55. The van der Waals surface area contributed by atoms with Crippen LogP contribution in [-0.4, -0.2) is 22.7 Å². The first kappa shape index (κ1) is 11.8. The highest BCUT2D eigenvalue weighted by Gasteiger charge is 2.28. The molecule has 96 valence electrons. The van der Waals surface area contributed by atoms with Gasteiger partial charge in [-0.1, -0.05) is 31.5 Å². The zero-order valence-corrected chi connectivity index (χ0v) is 10.7. The van der Waals surface area contributed by atoms with Gasteiger partial charge in [0.1, 0.15) is 0 Å². The molecule has 0 radical (unpaired) electrons. The maximum absolute atomic E-state index is 9.44. The number of fused-ring (bicyclic) bond motifs is 3. The van der Waals surface area contributed by atoms with Gasteiger partial charge in [-0.05, 0) is 24.5 Å². The lowest BCUT2D eigenvalue weighted by Gasteiger charge is -2.30. The van der Waals surface area contributed by atoms with Gasteiger partial charge >= 0.3 is 0 Å². The lowest BCUT2D eigenvalue weighted by molar-refractivity contribution is 0.219. The van der Waals surface area contributed by atoms with E-state index in [-0.39, 0.29) is 12.6 Å². The second-order valence-electron chi connectivity index (χ2n) is 5.15. The molecule has 0 fully saturated rings. The molecule has 2 heterocycles. The van der Waals surface area contributed by atoms with Gasteiger partial charge in [0, 0.05) is 28.7 Å². The Labute approximate surface area is 107 Å². The van der Waals surface area contributed by atoms with Crippen LogP contribution >= 0.6 is 0 Å². The van der Waals surface area contributed by atoms with Crippen LogP contribution in [0.15, 0.2) is 24.3 Å². The van der Waals surface area contributed by atoms with E-state index in [4.69, 9.17) is 0 Å². The summed E-state index contributed by atoms with van der Waals surface area (Å²) in [5.41, 5.74) is 3.92. The minimum Gasteiger partial charge on any atom is -0.395 e. The Balaban J connectivity index is 2.10. The summed E-state index contributed by atoms with van der Waals surface area (Å²) >= 11 is 0. The first-order valence-corrected chi connectivity index (χ1v) is 6.80. The highest BCUT2D eigenvalue weighted by Crippen LogP contribution is 2.33. The molecule has 0 unspecified atom stereocenters. The zero-order valence-electron chi connectivity index (χ0n) is 10.7. The molecule has 1 aromatic carbocycles. The number of aliphatic hydroxyl groups is 1. The summed E-state index contributed by atoms with van der Waals surface area (Å²) in [5.74, 6) is 0. The molecule has 18 heavy (non-hydrogen) atoms. The van der Waals surface area contributed by atoms with E-state index >= 15 is 0 Å². The third kappa shape index (κ3) is 1.84. The van der Waals surface area contributed by atoms with Crippen LogP contribution in [0.5, 0.6) is 0 Å². The number of aliphatic hydroxyl groups excluding tert-OH is 1. The van der Waals surface area contributed by atoms with Crippen molar-refractivity contribution in [3.05, 3.63) is 35.5 Å². The normalized spacial score (nSPS) is 23.2. The van der Waals surface area contributed by atoms with E-state index in [0.29, 0.717) is 6.04 Å². The Morgan fingerprint density at radius 2 is 2.17 bits per heavy atom. The van der Waals surface area contributed by atoms with Crippen LogP contribution < -0.4 is 5.32 Å². The highest BCUT2D eigenvalue weighted by atomic mass is 16.3. The standard InChI is InChI=1S/C15H20N2O/c1-2-5-14-15-12(8-10(9-18)16-14)11-6-3-4-7-13(11)17-15/h3-4,6-7,10,14,16-18H,2,5,8-9H2,1H3/t10-,14-/m0/s1. The van der Waals surface area contributed by atoms with Crippen LogP contribution in [0.25, 0.3) is 10.9 Å². The molecule has 2 aromatic rings. The van der Waals surface area contributed by atoms with Crippen LogP contribution in [-0.2, 0) is 6.42 Å². The lowest BCUT2D eigenvalue weighted by atomic mass is 9.92. The molecule has 0 aliphatic carbocycles. The number of aromatic nitrogens is 1. The molecular formula is C15H20N2O. The number of hydrogen-bond acceptors (Lipinski definition) is 2. The summed E-state index contributed by atoms with van der Waals surface area (Å²) in [5, 5.41) is 14.3. The SMILES string of the molecule is CCC[C@@H]1N[C@H](CO)Cc2c1[nH]c1ccccc21. The van der Waals surface area contributed by atoms with Crippen molar-refractivity contribution in [1.29, 1.82) is 0 Å². The van der Waals surface area contributed by atoms with Crippen molar-refractivity contribution in [1.82, 2.24) is 10.3 Å². The molecule has 3 rings (SSSR count). The maximum Gasteiger partial charge on any atom is 0.0588 e. The van der Waals surface area contributed by atoms with Gasteiger partial charge in [-0.25, -0.2) is 0 Å². The minimum atomic E-state index is 0.188. The van der Waals surface area contributed by atoms with Crippen molar-refractivity contribution < 1.29 is 5.11 Å². The molecular weight excluding hydrogens is 224 g/mol. The summed E-state index contributed by atoms with van der Waals surface area (Å²) in [7, 11) is 0. The number of aromatic amines is 1. The van der Waals surface area contributed by atoms with Gasteiger partial charge in [-0.3, -0.25) is 0 Å². The third-order valence-corrected chi connectivity index (χ3v) is 3.88. The van der Waals surface area contributed by atoms with Gasteiger partial charge in [0.15, 0.2) is 0 Å². The quantitative estimate of drug-likeness (QED) is 0.777. The number of hydrogen-bond donors (Lipinski definition) is 3. The van der Waals surface area contributed by atoms with E-state index in [1.807, 2.05) is 0 Å². The van der Waals surface area contributed by atoms with E-state index in [1.165, 1.54) is 22.2 Å². The maximum atomic E-state index is 9.44. The number of benzene rings is 1. The number of H-pyrrole nitrogens is 1. The average molecular weight is 244 g/mol. The van der Waals surface area contributed by atoms with Crippen molar-refractivity contribution in [2.45, 2.75) is 38.3 Å². The molecule has 0 saturated heterocycles. The molecule has 1 aliphatic rings. The fourth-order valence-electron chi connectivity index (χ4n) is 3.05. The monoisotopic (exact) mass is 244 g/mol. The van der Waals surface area contributed by atoms with E-state index in [9.17, 15) is 5.11 Å². The predicted molar refractivity (Wildman–Crippen MR) is 73.7 cm³/mol. The molecule has 2 atom stereocenters. The van der Waals surface area contributed by atoms with E-state index < -0.39 is 0 Å². The smallest absolute Gasteiger partial charge is 0.0588 e. The fourth-order valence-corrected chi connectivity index (χ4v) is 3.05. The van der Waals surface area contributed by atoms with Gasteiger partial charge < -0.3 is 15.4 Å². The third-order valence-electron chi connectivity index (χ3n) is 3.88. The van der Waals surface area contributed by atoms with Crippen molar-refractivity contribution in [2.24, 2.45) is 0 Å². The van der Waals surface area contributed by atoms with Crippen LogP contribution in [0.1, 0.15) is 37.1 Å². The Morgan fingerprint density at radius 1 is 1.33 bits per heavy atom. The first-order chi connectivity index (χ1) is 8.83. The molecule has 1 aromatic heterocycles. The minimum absolute atomic E-state index is 0.188. The van der Waals surface area contributed by atoms with Gasteiger partial charge in [-0.2, -0.15) is 0 Å². The summed E-state index contributed by atoms with van der Waals surface area (Å²) < 4.78 is 0. The second kappa shape index (κ2) is 4.75. The topological polar surface area (TPSA) is 48.0 Å². The fraction of sp³-hybridized carbons (Fsp3) is 0.467. The lowest BCUT2D eigenvalue weighted by Crippen LogP contribution is -2.41. The van der Waals surface area contributed by atoms with Crippen LogP contribution in [0, 0.1) is 0 Å². The highest BCUT2D eigenvalue weighted by molar-refractivity contribution is 5.85. The van der Waals surface area contributed by atoms with E-state index in [0.717, 1.165) is 19.3 Å². The number of rotatable bonds is 3. The van der Waals surface area contributed by atoms with Crippen molar-refractivity contribution in [3.63, 3.8) is 0 Å². The van der Waals surface area contributed by atoms with Crippen LogP contribution in [0.4, 0.5) is 0 Å². The number of nitrogens with one attached hydrogen (secondary N) is 2. The van der Waals surface area contributed by atoms with E-state index in [1.54, 1.807) is 0 Å². The van der Waals surface area contributed by atoms with Gasteiger partial charge in [-0.15, -0.1) is 0 Å². The van der Waals surface area contributed by atoms with Gasteiger partial charge in [0.05, 0.1) is 6.61 Å². The first-order valence-electron chi connectivity index (χ1n) is 6.80. The molecule has 1 aliphatic heterocycles. The molecule has 3 nitrogen and oxygen atoms in total. The number of para-hydroxylation sites is 1. The summed E-state index contributed by atoms with van der Waals surface area (Å²) in [6.07, 6.45) is 3.16. The Kier molecular flexibility index (Phi) is 3.10. The van der Waals surface area contributed by atoms with Crippen LogP contribution in [0.2, 0.25) is 0 Å². The summed E-state index contributed by atoms with van der Waals surface area (Å²) in [6.45, 7) is 2.41. The molecule has 3 N–H and O–H groups in total. The largest absolute Gasteiger partial charge is 0.395 e. The molecule has 0 saturated carbocycles.